The van der Waals surface area contributed by atoms with Gasteiger partial charge in [-0.1, -0.05) is 0 Å². The molecule has 0 bridgehead atoms. The van der Waals surface area contributed by atoms with Crippen LogP contribution in [0.25, 0.3) is 0 Å². The molecule has 2 rings (SSSR count). The standard InChI is InChI=1S/C15H24N4O2/c1-20-13-8-10-5-7-18-12(4-3-6-19-15(16)17)11(10)9-14(13)21-2/h8-9,12,18H,3-7H2,1-2H3,(H4,16,17,19)/t12-/m1/s1. The molecule has 1 aliphatic heterocycles. The molecule has 0 fully saturated rings. The lowest BCUT2D eigenvalue weighted by Crippen LogP contribution is -2.30. The molecule has 0 saturated carbocycles. The molecule has 0 aliphatic carbocycles. The second kappa shape index (κ2) is 7.17. The molecule has 0 radical (unpaired) electrons. The molecule has 1 aromatic carbocycles. The zero-order valence-corrected chi connectivity index (χ0v) is 12.7. The summed E-state index contributed by atoms with van der Waals surface area (Å²) in [7, 11) is 3.33. The van der Waals surface area contributed by atoms with Crippen molar-refractivity contribution in [2.24, 2.45) is 16.5 Å². The number of nitrogens with zero attached hydrogens (tertiary/aromatic N) is 1. The third kappa shape index (κ3) is 3.78. The highest BCUT2D eigenvalue weighted by Gasteiger charge is 2.22. The van der Waals surface area contributed by atoms with Gasteiger partial charge in [0.1, 0.15) is 0 Å². The van der Waals surface area contributed by atoms with Gasteiger partial charge in [0, 0.05) is 12.6 Å². The summed E-state index contributed by atoms with van der Waals surface area (Å²) in [6, 6.07) is 4.46. The fourth-order valence-electron chi connectivity index (χ4n) is 2.73. The summed E-state index contributed by atoms with van der Waals surface area (Å²) in [5.74, 6) is 1.71. The maximum atomic E-state index is 5.40. The van der Waals surface area contributed by atoms with E-state index in [1.807, 2.05) is 0 Å². The molecule has 0 saturated heterocycles. The Labute approximate surface area is 125 Å². The first-order chi connectivity index (χ1) is 10.2. The highest BCUT2D eigenvalue weighted by molar-refractivity contribution is 5.75. The number of methoxy groups -OCH3 is 2. The van der Waals surface area contributed by atoms with E-state index >= 15 is 0 Å². The van der Waals surface area contributed by atoms with Crippen molar-refractivity contribution in [3.63, 3.8) is 0 Å². The lowest BCUT2D eigenvalue weighted by atomic mass is 9.91. The molecule has 5 N–H and O–H groups in total. The molecular formula is C15H24N4O2. The Morgan fingerprint density at radius 2 is 2.00 bits per heavy atom. The second-order valence-electron chi connectivity index (χ2n) is 5.11. The van der Waals surface area contributed by atoms with Gasteiger partial charge in [-0.15, -0.1) is 0 Å². The third-order valence-electron chi connectivity index (χ3n) is 3.75. The lowest BCUT2D eigenvalue weighted by molar-refractivity contribution is 0.351. The van der Waals surface area contributed by atoms with Crippen molar-refractivity contribution in [1.82, 2.24) is 5.32 Å². The van der Waals surface area contributed by atoms with Crippen LogP contribution in [0.4, 0.5) is 0 Å². The number of fused-ring (bicyclic) bond motifs is 1. The van der Waals surface area contributed by atoms with E-state index in [0.717, 1.165) is 37.3 Å². The molecule has 116 valence electrons. The Bertz CT molecular complexity index is 513. The van der Waals surface area contributed by atoms with Crippen LogP contribution in [0.15, 0.2) is 17.1 Å². The van der Waals surface area contributed by atoms with Crippen molar-refractivity contribution in [3.8, 4) is 11.5 Å². The molecule has 0 unspecified atom stereocenters. The smallest absolute Gasteiger partial charge is 0.185 e. The quantitative estimate of drug-likeness (QED) is 0.412. The molecule has 0 aromatic heterocycles. The topological polar surface area (TPSA) is 94.9 Å². The Morgan fingerprint density at radius 3 is 2.67 bits per heavy atom. The van der Waals surface area contributed by atoms with E-state index in [1.54, 1.807) is 14.2 Å². The van der Waals surface area contributed by atoms with Crippen LogP contribution >= 0.6 is 0 Å². The van der Waals surface area contributed by atoms with Gasteiger partial charge in [0.2, 0.25) is 0 Å². The number of rotatable bonds is 6. The Kier molecular flexibility index (Phi) is 5.27. The Hall–Kier alpha value is -1.95. The normalized spacial score (nSPS) is 17.0. The number of hydrogen-bond acceptors (Lipinski definition) is 4. The molecule has 1 aromatic rings. The molecular weight excluding hydrogens is 268 g/mol. The van der Waals surface area contributed by atoms with Crippen LogP contribution in [0, 0.1) is 0 Å². The van der Waals surface area contributed by atoms with E-state index in [2.05, 4.69) is 22.4 Å². The van der Waals surface area contributed by atoms with Crippen LogP contribution in [0.5, 0.6) is 11.5 Å². The fraction of sp³-hybridized carbons (Fsp3) is 0.533. The minimum Gasteiger partial charge on any atom is -0.493 e. The minimum absolute atomic E-state index is 0.151. The van der Waals surface area contributed by atoms with Crippen molar-refractivity contribution < 1.29 is 9.47 Å². The molecule has 6 nitrogen and oxygen atoms in total. The van der Waals surface area contributed by atoms with Gasteiger partial charge in [0.05, 0.1) is 14.2 Å². The number of guanidine groups is 1. The molecule has 0 spiro atoms. The fourth-order valence-corrected chi connectivity index (χ4v) is 2.73. The maximum Gasteiger partial charge on any atom is 0.185 e. The lowest BCUT2D eigenvalue weighted by Gasteiger charge is -2.28. The summed E-state index contributed by atoms with van der Waals surface area (Å²) < 4.78 is 10.8. The third-order valence-corrected chi connectivity index (χ3v) is 3.75. The van der Waals surface area contributed by atoms with Crippen LogP contribution in [0.2, 0.25) is 0 Å². The summed E-state index contributed by atoms with van der Waals surface area (Å²) in [6.45, 7) is 1.62. The predicted molar refractivity (Wildman–Crippen MR) is 83.9 cm³/mol. The van der Waals surface area contributed by atoms with Gasteiger partial charge in [-0.3, -0.25) is 4.99 Å². The highest BCUT2D eigenvalue weighted by atomic mass is 16.5. The number of nitrogens with one attached hydrogen (secondary N) is 1. The van der Waals surface area contributed by atoms with Crippen molar-refractivity contribution in [2.75, 3.05) is 27.3 Å². The molecule has 1 heterocycles. The summed E-state index contributed by atoms with van der Waals surface area (Å²) in [4.78, 5) is 4.03. The van der Waals surface area contributed by atoms with E-state index < -0.39 is 0 Å². The SMILES string of the molecule is COc1cc2c(cc1OC)[C@@H](CCCN=C(N)N)NCC2. The first-order valence-corrected chi connectivity index (χ1v) is 7.19. The summed E-state index contributed by atoms with van der Waals surface area (Å²) >= 11 is 0. The van der Waals surface area contributed by atoms with E-state index in [4.69, 9.17) is 20.9 Å². The van der Waals surface area contributed by atoms with Crippen LogP contribution in [-0.2, 0) is 6.42 Å². The number of benzene rings is 1. The van der Waals surface area contributed by atoms with Gasteiger partial charge in [0.25, 0.3) is 0 Å². The zero-order valence-electron chi connectivity index (χ0n) is 12.7. The number of ether oxygens (including phenoxy) is 2. The molecule has 0 amide bonds. The average molecular weight is 292 g/mol. The monoisotopic (exact) mass is 292 g/mol. The van der Waals surface area contributed by atoms with Crippen molar-refractivity contribution in [1.29, 1.82) is 0 Å². The van der Waals surface area contributed by atoms with E-state index in [1.165, 1.54) is 11.1 Å². The minimum atomic E-state index is 0.151. The van der Waals surface area contributed by atoms with Crippen LogP contribution in [0.3, 0.4) is 0 Å². The first-order valence-electron chi connectivity index (χ1n) is 7.19. The number of nitrogens with two attached hydrogens (primary N) is 2. The summed E-state index contributed by atoms with van der Waals surface area (Å²) in [5, 5.41) is 3.54. The van der Waals surface area contributed by atoms with Crippen molar-refractivity contribution in [2.45, 2.75) is 25.3 Å². The highest BCUT2D eigenvalue weighted by Crippen LogP contribution is 2.36. The molecule has 1 aliphatic rings. The molecule has 21 heavy (non-hydrogen) atoms. The molecule has 6 heteroatoms. The van der Waals surface area contributed by atoms with E-state index in [9.17, 15) is 0 Å². The van der Waals surface area contributed by atoms with Gasteiger partial charge in [0.15, 0.2) is 17.5 Å². The van der Waals surface area contributed by atoms with Crippen LogP contribution < -0.4 is 26.3 Å². The second-order valence-corrected chi connectivity index (χ2v) is 5.11. The van der Waals surface area contributed by atoms with Crippen LogP contribution in [0.1, 0.15) is 30.0 Å². The summed E-state index contributed by atoms with van der Waals surface area (Å²) in [6.07, 6.45) is 2.92. The summed E-state index contributed by atoms with van der Waals surface area (Å²) in [5.41, 5.74) is 13.3. The van der Waals surface area contributed by atoms with E-state index in [0.29, 0.717) is 12.6 Å². The first kappa shape index (κ1) is 15.4. The zero-order chi connectivity index (χ0) is 15.2. The predicted octanol–water partition coefficient (Wildman–Crippen LogP) is 0.944. The Balaban J connectivity index is 2.12. The number of aliphatic imine (C=N–C) groups is 1. The van der Waals surface area contributed by atoms with E-state index in [-0.39, 0.29) is 5.96 Å². The van der Waals surface area contributed by atoms with Gasteiger partial charge in [-0.05, 0) is 49.1 Å². The van der Waals surface area contributed by atoms with Gasteiger partial charge in [-0.2, -0.15) is 0 Å². The van der Waals surface area contributed by atoms with Gasteiger partial charge in [-0.25, -0.2) is 0 Å². The van der Waals surface area contributed by atoms with Gasteiger partial charge >= 0.3 is 0 Å². The van der Waals surface area contributed by atoms with Gasteiger partial charge < -0.3 is 26.3 Å². The maximum absolute atomic E-state index is 5.40. The molecule has 1 atom stereocenters. The van der Waals surface area contributed by atoms with Crippen molar-refractivity contribution in [3.05, 3.63) is 23.3 Å². The van der Waals surface area contributed by atoms with Crippen LogP contribution in [-0.4, -0.2) is 33.3 Å². The Morgan fingerprint density at radius 1 is 1.29 bits per heavy atom. The average Bonchev–Trinajstić information content (AvgIpc) is 2.49. The number of hydrogen-bond donors (Lipinski definition) is 3. The van der Waals surface area contributed by atoms with Crippen molar-refractivity contribution >= 4 is 5.96 Å². The largest absolute Gasteiger partial charge is 0.493 e.